The Morgan fingerprint density at radius 2 is 0.675 bits per heavy atom. The first kappa shape index (κ1) is 63.0. The molecule has 77 heavy (non-hydrogen) atoms. The summed E-state index contributed by atoms with van der Waals surface area (Å²) in [5.41, 5.74) is 4.61. The smallest absolute Gasteiger partial charge is 0.416 e. The van der Waals surface area contributed by atoms with Crippen LogP contribution in [-0.2, 0) is 6.18 Å². The van der Waals surface area contributed by atoms with E-state index < -0.39 is 11.7 Å². The number of fused-ring (bicyclic) bond motifs is 3. The monoisotopic (exact) mass is 1060 g/mol. The van der Waals surface area contributed by atoms with Gasteiger partial charge in [0.05, 0.1) is 5.56 Å². The molecule has 8 N–H and O–H groups in total. The maximum Gasteiger partial charge on any atom is 0.416 e. The Bertz CT molecular complexity index is 2900. The Morgan fingerprint density at radius 3 is 0.948 bits per heavy atom. The van der Waals surface area contributed by atoms with Gasteiger partial charge in [0.1, 0.15) is 34.5 Å². The summed E-state index contributed by atoms with van der Waals surface area (Å²) in [6.07, 6.45) is -4.24. The second-order valence-corrected chi connectivity index (χ2v) is 18.6. The topological polar surface area (TPSA) is 165 Å². The second-order valence-electron chi connectivity index (χ2n) is 18.6. The van der Waals surface area contributed by atoms with E-state index in [0.717, 1.165) is 24.2 Å². The van der Waals surface area contributed by atoms with Gasteiger partial charge in [0.2, 0.25) is 0 Å². The van der Waals surface area contributed by atoms with Crippen molar-refractivity contribution in [2.75, 3.05) is 18.0 Å². The van der Waals surface area contributed by atoms with Gasteiger partial charge in [0, 0.05) is 51.1 Å². The van der Waals surface area contributed by atoms with E-state index in [-0.39, 0.29) is 51.9 Å². The average Bonchev–Trinajstić information content (AvgIpc) is 3.40. The molecule has 0 fully saturated rings. The summed E-state index contributed by atoms with van der Waals surface area (Å²) >= 11 is 0. The minimum absolute atomic E-state index is 0.0452. The van der Waals surface area contributed by atoms with Gasteiger partial charge in [-0.2, -0.15) is 13.2 Å². The van der Waals surface area contributed by atoms with E-state index in [4.69, 9.17) is 10.2 Å². The number of anilines is 1. The Balaban J connectivity index is 0.000000242. The van der Waals surface area contributed by atoms with E-state index in [9.17, 15) is 43.8 Å². The first-order valence-corrected chi connectivity index (χ1v) is 25.7. The van der Waals surface area contributed by atoms with Gasteiger partial charge in [0.15, 0.2) is 11.5 Å². The largest absolute Gasteiger partial charge is 0.507 e. The zero-order chi connectivity index (χ0) is 57.6. The van der Waals surface area contributed by atoms with Crippen LogP contribution >= 0.6 is 0 Å². The second kappa shape index (κ2) is 30.3. The van der Waals surface area contributed by atoms with E-state index in [1.54, 1.807) is 134 Å². The molecule has 0 radical (unpaired) electrons. The fourth-order valence-electron chi connectivity index (χ4n) is 7.70. The Kier molecular flexibility index (Phi) is 24.8. The van der Waals surface area contributed by atoms with E-state index in [1.807, 2.05) is 41.5 Å². The average molecular weight is 1060 g/mol. The lowest BCUT2D eigenvalue weighted by atomic mass is 9.98. The summed E-state index contributed by atoms with van der Waals surface area (Å²) in [7, 11) is 0. The summed E-state index contributed by atoms with van der Waals surface area (Å²) in [6.45, 7) is 24.5. The number of rotatable bonds is 6. The SMILES string of the molecule is CC.CC(C)c1ccc(O)c(O)c1.CCN(CC)c1ccc(C(C)C)cc1.Cc1cc(C(C)C)cc(C(F)(F)F)c1.Oc1cccc2c(O)cccc12.Oc1cccc2c(O)cccc12.Oc1cccc2c(O)cccc12. The molecular formula is C65H76F3NO8. The van der Waals surface area contributed by atoms with E-state index >= 15 is 0 Å². The van der Waals surface area contributed by atoms with Gasteiger partial charge in [-0.1, -0.05) is 158 Å². The molecule has 9 rings (SSSR count). The van der Waals surface area contributed by atoms with Gasteiger partial charge in [-0.25, -0.2) is 0 Å². The fraction of sp³-hybridized carbons (Fsp3) is 0.262. The Morgan fingerprint density at radius 1 is 0.364 bits per heavy atom. The van der Waals surface area contributed by atoms with Crippen molar-refractivity contribution in [1.29, 1.82) is 0 Å². The van der Waals surface area contributed by atoms with Crippen LogP contribution < -0.4 is 4.90 Å². The lowest BCUT2D eigenvalue weighted by Crippen LogP contribution is -2.21. The molecule has 0 aliphatic carbocycles. The summed E-state index contributed by atoms with van der Waals surface area (Å²) in [5.74, 6) is 2.20. The molecule has 0 saturated heterocycles. The molecule has 0 heterocycles. The molecule has 0 atom stereocenters. The molecule has 0 aliphatic rings. The first-order valence-electron chi connectivity index (χ1n) is 25.7. The molecule has 12 heteroatoms. The van der Waals surface area contributed by atoms with Gasteiger partial charge in [-0.05, 0) is 128 Å². The normalized spacial score (nSPS) is 10.6. The number of halogens is 3. The van der Waals surface area contributed by atoms with Crippen LogP contribution in [0.1, 0.15) is 115 Å². The van der Waals surface area contributed by atoms with Crippen molar-refractivity contribution < 1.29 is 54.0 Å². The van der Waals surface area contributed by atoms with Crippen LogP contribution in [0.3, 0.4) is 0 Å². The molecule has 0 aromatic heterocycles. The number of aromatic hydroxyl groups is 8. The maximum absolute atomic E-state index is 12.4. The minimum Gasteiger partial charge on any atom is -0.507 e. The molecule has 9 aromatic rings. The van der Waals surface area contributed by atoms with Gasteiger partial charge < -0.3 is 45.8 Å². The highest BCUT2D eigenvalue weighted by Crippen LogP contribution is 2.34. The van der Waals surface area contributed by atoms with Crippen molar-refractivity contribution in [2.45, 2.75) is 100 Å². The first-order chi connectivity index (χ1) is 36.5. The number of phenolic OH excluding ortho intramolecular Hbond substituents is 8. The zero-order valence-electron chi connectivity index (χ0n) is 46.0. The predicted octanol–water partition coefficient (Wildman–Crippen LogP) is 17.8. The maximum atomic E-state index is 12.4. The number of aryl methyl sites for hydroxylation is 1. The highest BCUT2D eigenvalue weighted by atomic mass is 19.4. The minimum atomic E-state index is -4.24. The van der Waals surface area contributed by atoms with Crippen molar-refractivity contribution in [3.63, 3.8) is 0 Å². The summed E-state index contributed by atoms with van der Waals surface area (Å²) in [6, 6.07) is 48.4. The highest BCUT2D eigenvalue weighted by Gasteiger charge is 2.31. The molecule has 9 aromatic carbocycles. The third-order valence-electron chi connectivity index (χ3n) is 12.1. The van der Waals surface area contributed by atoms with Crippen LogP contribution in [0.15, 0.2) is 170 Å². The van der Waals surface area contributed by atoms with Gasteiger partial charge in [-0.3, -0.25) is 0 Å². The number of nitrogens with zero attached hydrogens (tertiary/aromatic N) is 1. The number of benzene rings is 9. The molecule has 9 nitrogen and oxygen atoms in total. The van der Waals surface area contributed by atoms with Crippen LogP contribution in [0.5, 0.6) is 46.0 Å². The molecule has 410 valence electrons. The summed E-state index contributed by atoms with van der Waals surface area (Å²) in [4.78, 5) is 2.37. The van der Waals surface area contributed by atoms with Crippen molar-refractivity contribution in [3.8, 4) is 46.0 Å². The quantitative estimate of drug-likeness (QED) is 0.0757. The third-order valence-corrected chi connectivity index (χ3v) is 12.1. The molecule has 0 unspecified atom stereocenters. The van der Waals surface area contributed by atoms with Crippen molar-refractivity contribution in [3.05, 3.63) is 198 Å². The van der Waals surface area contributed by atoms with Crippen LogP contribution in [0.25, 0.3) is 32.3 Å². The summed E-state index contributed by atoms with van der Waals surface area (Å²) in [5, 5.41) is 78.5. The molecular weight excluding hydrogens is 980 g/mol. The standard InChI is InChI=1S/C13H21N.C11H13F3.3C10H8O2.C9H12O2.C2H6/c1-5-14(6-2)13-9-7-12(8-10-13)11(3)4;1-7(2)9-4-8(3)5-10(6-9)11(12,13)14;3*11-9-5-1-3-7-8(9)4-2-6-10(7)12;1-6(2)7-3-4-8(10)9(11)5-7;1-2/h7-11H,5-6H2,1-4H3;4-7H,1-3H3;3*1-6,11-12H;3-6,10-11H,1-2H3;1-2H3. The van der Waals surface area contributed by atoms with Crippen molar-refractivity contribution in [1.82, 2.24) is 0 Å². The lowest BCUT2D eigenvalue weighted by Gasteiger charge is -2.21. The number of hydrogen-bond acceptors (Lipinski definition) is 9. The van der Waals surface area contributed by atoms with Gasteiger partial charge >= 0.3 is 6.18 Å². The predicted molar refractivity (Wildman–Crippen MR) is 311 cm³/mol. The highest BCUT2D eigenvalue weighted by molar-refractivity contribution is 5.94. The molecule has 0 aliphatic heterocycles. The van der Waals surface area contributed by atoms with E-state index in [2.05, 4.69) is 56.9 Å². The lowest BCUT2D eigenvalue weighted by molar-refractivity contribution is -0.137. The number of hydrogen-bond donors (Lipinski definition) is 8. The Labute approximate surface area is 452 Å². The van der Waals surface area contributed by atoms with Crippen molar-refractivity contribution >= 4 is 38.0 Å². The van der Waals surface area contributed by atoms with Gasteiger partial charge in [0.25, 0.3) is 0 Å². The third kappa shape index (κ3) is 18.8. The number of phenols is 8. The molecule has 0 spiro atoms. The van der Waals surface area contributed by atoms with Crippen LogP contribution in [0.2, 0.25) is 0 Å². The van der Waals surface area contributed by atoms with Crippen LogP contribution in [0, 0.1) is 6.92 Å². The zero-order valence-corrected chi connectivity index (χ0v) is 46.0. The number of alkyl halides is 3. The molecule has 0 bridgehead atoms. The summed E-state index contributed by atoms with van der Waals surface area (Å²) < 4.78 is 37.2. The van der Waals surface area contributed by atoms with Crippen LogP contribution in [-0.4, -0.2) is 53.9 Å². The van der Waals surface area contributed by atoms with Gasteiger partial charge in [-0.15, -0.1) is 0 Å². The van der Waals surface area contributed by atoms with E-state index in [1.165, 1.54) is 29.4 Å². The molecule has 0 amide bonds. The van der Waals surface area contributed by atoms with Crippen molar-refractivity contribution in [2.24, 2.45) is 0 Å². The fourth-order valence-corrected chi connectivity index (χ4v) is 7.70. The molecule has 0 saturated carbocycles. The Hall–Kier alpha value is -8.25. The van der Waals surface area contributed by atoms with E-state index in [0.29, 0.717) is 49.7 Å². The van der Waals surface area contributed by atoms with Crippen LogP contribution in [0.4, 0.5) is 18.9 Å².